The van der Waals surface area contributed by atoms with Crippen molar-refractivity contribution in [2.75, 3.05) is 26.7 Å². The van der Waals surface area contributed by atoms with Crippen molar-refractivity contribution < 1.29 is 33.4 Å². The molecule has 42 heavy (non-hydrogen) atoms. The van der Waals surface area contributed by atoms with Gasteiger partial charge in [-0.1, -0.05) is 25.9 Å². The number of azide groups is 1. The first-order chi connectivity index (χ1) is 19.6. The number of fused-ring (bicyclic) bond motifs is 1. The SMILES string of the molecule is [B][C@@H]1[C@@H](C)C(=O)[C@@H](C)C(=O)O[C@H](CC)[C@@]2(C)OC(=O)N(CCCCN=[N+]=[N-])[C@@H]2[C@@H](C)N(C(C)=O)C[C@H](C)C[C@@]1(C)OC. The van der Waals surface area contributed by atoms with Crippen LogP contribution in [0.1, 0.15) is 81.1 Å². The van der Waals surface area contributed by atoms with Crippen LogP contribution in [0.5, 0.6) is 0 Å². The number of cyclic esters (lactones) is 1. The average Bonchev–Trinajstić information content (AvgIpc) is 3.20. The molecule has 0 spiro atoms. The molecule has 0 bridgehead atoms. The molecule has 12 nitrogen and oxygen atoms in total. The van der Waals surface area contributed by atoms with Crippen LogP contribution in [-0.4, -0.2) is 97.5 Å². The van der Waals surface area contributed by atoms with Crippen LogP contribution in [0.4, 0.5) is 4.79 Å². The molecule has 2 rings (SSSR count). The van der Waals surface area contributed by atoms with Gasteiger partial charge in [-0.25, -0.2) is 4.79 Å². The first kappa shape index (κ1) is 35.4. The van der Waals surface area contributed by atoms with Gasteiger partial charge >= 0.3 is 12.1 Å². The Labute approximate surface area is 251 Å². The predicted octanol–water partition coefficient (Wildman–Crippen LogP) is 4.46. The Morgan fingerprint density at radius 2 is 1.83 bits per heavy atom. The smallest absolute Gasteiger partial charge is 0.410 e. The molecule has 0 N–H and O–H groups in total. The summed E-state index contributed by atoms with van der Waals surface area (Å²) in [6.07, 6.45) is 0.357. The first-order valence-electron chi connectivity index (χ1n) is 14.9. The molecule has 2 radical (unpaired) electrons. The quantitative estimate of drug-likeness (QED) is 0.0809. The van der Waals surface area contributed by atoms with E-state index in [0.717, 1.165) is 0 Å². The molecular weight excluding hydrogens is 541 g/mol. The number of rotatable bonds is 7. The Hall–Kier alpha value is -2.79. The molecule has 2 fully saturated rings. The second-order valence-corrected chi connectivity index (χ2v) is 12.4. The molecule has 13 heteroatoms. The van der Waals surface area contributed by atoms with Gasteiger partial charge in [0.05, 0.1) is 25.5 Å². The Bertz CT molecular complexity index is 1060. The van der Waals surface area contributed by atoms with Crippen molar-refractivity contribution in [3.05, 3.63) is 10.4 Å². The van der Waals surface area contributed by atoms with Crippen LogP contribution in [-0.2, 0) is 28.6 Å². The summed E-state index contributed by atoms with van der Waals surface area (Å²) >= 11 is 0. The number of Topliss-reactive ketones (excluding diaryl/α,β-unsaturated/α-hetero) is 1. The predicted molar refractivity (Wildman–Crippen MR) is 158 cm³/mol. The van der Waals surface area contributed by atoms with Gasteiger partial charge in [0.1, 0.15) is 17.8 Å². The molecule has 0 aromatic heterocycles. The lowest BCUT2D eigenvalue weighted by Crippen LogP contribution is -2.62. The third kappa shape index (κ3) is 7.40. The maximum absolute atomic E-state index is 13.5. The highest BCUT2D eigenvalue weighted by atomic mass is 16.6. The van der Waals surface area contributed by atoms with Crippen molar-refractivity contribution in [1.29, 1.82) is 0 Å². The van der Waals surface area contributed by atoms with E-state index in [0.29, 0.717) is 38.8 Å². The van der Waals surface area contributed by atoms with E-state index in [1.165, 1.54) is 13.8 Å². The number of nitrogens with zero attached hydrogens (tertiary/aromatic N) is 5. The number of hydrogen-bond acceptors (Lipinski definition) is 8. The van der Waals surface area contributed by atoms with Gasteiger partial charge in [-0.3, -0.25) is 19.3 Å². The third-order valence-corrected chi connectivity index (χ3v) is 9.26. The van der Waals surface area contributed by atoms with Gasteiger partial charge in [-0.2, -0.15) is 0 Å². The van der Waals surface area contributed by atoms with Crippen molar-refractivity contribution in [2.24, 2.45) is 22.9 Å². The fraction of sp³-hybridized carbons (Fsp3) is 0.862. The van der Waals surface area contributed by atoms with Crippen LogP contribution in [0, 0.1) is 17.8 Å². The molecule has 234 valence electrons. The molecule has 0 aromatic rings. The molecule has 2 aliphatic heterocycles. The van der Waals surface area contributed by atoms with Crippen LogP contribution >= 0.6 is 0 Å². The summed E-state index contributed by atoms with van der Waals surface area (Å²) < 4.78 is 17.9. The number of ether oxygens (including phenoxy) is 3. The summed E-state index contributed by atoms with van der Waals surface area (Å²) in [5, 5.41) is 3.57. The standard InChI is InChI=1S/C29H48BN5O7/c1-10-22-29(8)25(34(27(39)42-29)14-12-11-13-32-33-31)20(5)35(21(6)36)16-17(2)15-28(7,40-9)24(30)18(3)23(37)19(4)26(38)41-22/h17-20,22,24-25H,10-16H2,1-9H3/t17-,18+,19-,20-,22-,24-,25-,28-,29-/m1/s1. The van der Waals surface area contributed by atoms with Gasteiger partial charge < -0.3 is 19.1 Å². The first-order valence-corrected chi connectivity index (χ1v) is 14.9. The van der Waals surface area contributed by atoms with Crippen molar-refractivity contribution in [2.45, 2.75) is 116 Å². The third-order valence-electron chi connectivity index (χ3n) is 9.26. The lowest BCUT2D eigenvalue weighted by Gasteiger charge is -2.44. The number of amides is 2. The van der Waals surface area contributed by atoms with Crippen molar-refractivity contribution in [3.63, 3.8) is 0 Å². The number of carbonyl (C=O) groups excluding carboxylic acids is 4. The highest BCUT2D eigenvalue weighted by Crippen LogP contribution is 2.42. The van der Waals surface area contributed by atoms with Crippen LogP contribution < -0.4 is 0 Å². The Morgan fingerprint density at radius 3 is 2.38 bits per heavy atom. The minimum Gasteiger partial charge on any atom is -0.458 e. The largest absolute Gasteiger partial charge is 0.458 e. The van der Waals surface area contributed by atoms with Gasteiger partial charge in [-0.05, 0) is 70.6 Å². The van der Waals surface area contributed by atoms with Gasteiger partial charge in [-0.15, -0.1) is 0 Å². The highest BCUT2D eigenvalue weighted by Gasteiger charge is 2.59. The van der Waals surface area contributed by atoms with E-state index in [1.54, 1.807) is 30.8 Å². The second-order valence-electron chi connectivity index (χ2n) is 12.4. The van der Waals surface area contributed by atoms with Crippen LogP contribution in [0.25, 0.3) is 10.4 Å². The highest BCUT2D eigenvalue weighted by molar-refractivity contribution is 6.15. The molecule has 0 saturated carbocycles. The topological polar surface area (TPSA) is 151 Å². The number of methoxy groups -OCH3 is 1. The molecule has 2 saturated heterocycles. The van der Waals surface area contributed by atoms with E-state index in [9.17, 15) is 19.2 Å². The van der Waals surface area contributed by atoms with Crippen molar-refractivity contribution >= 4 is 31.6 Å². The Balaban J connectivity index is 2.66. The number of ketones is 1. The fourth-order valence-electron chi connectivity index (χ4n) is 6.73. The van der Waals surface area contributed by atoms with Crippen LogP contribution in [0.2, 0.25) is 5.82 Å². The Kier molecular flexibility index (Phi) is 12.3. The maximum atomic E-state index is 13.5. The van der Waals surface area contributed by atoms with Crippen LogP contribution in [0.15, 0.2) is 5.11 Å². The van der Waals surface area contributed by atoms with Gasteiger partial charge in [0.2, 0.25) is 5.91 Å². The van der Waals surface area contributed by atoms with E-state index in [-0.39, 0.29) is 24.2 Å². The summed E-state index contributed by atoms with van der Waals surface area (Å²) in [6, 6.07) is -1.21. The zero-order valence-electron chi connectivity index (χ0n) is 26.7. The van der Waals surface area contributed by atoms with Crippen molar-refractivity contribution in [3.8, 4) is 0 Å². The second kappa shape index (κ2) is 14.6. The van der Waals surface area contributed by atoms with E-state index in [2.05, 4.69) is 10.0 Å². The molecule has 9 atom stereocenters. The molecule has 0 aromatic carbocycles. The zero-order chi connectivity index (χ0) is 32.0. The summed E-state index contributed by atoms with van der Waals surface area (Å²) in [5.74, 6) is -3.92. The summed E-state index contributed by atoms with van der Waals surface area (Å²) in [5.41, 5.74) is 6.35. The number of hydrogen-bond donors (Lipinski definition) is 0. The Morgan fingerprint density at radius 1 is 1.19 bits per heavy atom. The fourth-order valence-corrected chi connectivity index (χ4v) is 6.73. The number of carbonyl (C=O) groups is 4. The summed E-state index contributed by atoms with van der Waals surface area (Å²) in [4.78, 5) is 59.5. The molecule has 0 unspecified atom stereocenters. The van der Waals surface area contributed by atoms with Crippen LogP contribution in [0.3, 0.4) is 0 Å². The summed E-state index contributed by atoms with van der Waals surface area (Å²) in [6.45, 7) is 14.8. The molecular formula is C29H48BN5O7. The number of esters is 1. The lowest BCUT2D eigenvalue weighted by atomic mass is 9.62. The van der Waals surface area contributed by atoms with Gasteiger partial charge in [0.25, 0.3) is 0 Å². The van der Waals surface area contributed by atoms with Gasteiger partial charge in [0.15, 0.2) is 5.60 Å². The number of unbranched alkanes of at least 4 members (excludes halogenated alkanes) is 1. The molecule has 2 aliphatic rings. The van der Waals surface area contributed by atoms with Crippen molar-refractivity contribution in [1.82, 2.24) is 9.80 Å². The maximum Gasteiger partial charge on any atom is 0.410 e. The monoisotopic (exact) mass is 589 g/mol. The molecule has 2 amide bonds. The average molecular weight is 590 g/mol. The van der Waals surface area contributed by atoms with E-state index in [4.69, 9.17) is 27.6 Å². The van der Waals surface area contributed by atoms with E-state index >= 15 is 0 Å². The normalized spacial score (nSPS) is 36.7. The van der Waals surface area contributed by atoms with Gasteiger partial charge in [0, 0.05) is 44.5 Å². The molecule has 2 heterocycles. The zero-order valence-corrected chi connectivity index (χ0v) is 26.7. The lowest BCUT2D eigenvalue weighted by molar-refractivity contribution is -0.171. The minimum atomic E-state index is -1.32. The molecule has 0 aliphatic carbocycles. The van der Waals surface area contributed by atoms with E-state index < -0.39 is 59.1 Å². The summed E-state index contributed by atoms with van der Waals surface area (Å²) in [7, 11) is 8.16. The minimum absolute atomic E-state index is 0.0985. The van der Waals surface area contributed by atoms with E-state index in [1.807, 2.05) is 27.7 Å².